The number of nitrogens with one attached hydrogen (secondary N) is 2. The number of fused-ring (bicyclic) bond motifs is 3. The van der Waals surface area contributed by atoms with Crippen LogP contribution in [0.2, 0.25) is 0 Å². The van der Waals surface area contributed by atoms with Crippen LogP contribution in [0, 0.1) is 6.92 Å². The summed E-state index contributed by atoms with van der Waals surface area (Å²) in [7, 11) is -5.24. The summed E-state index contributed by atoms with van der Waals surface area (Å²) in [6.07, 6.45) is -0.696. The van der Waals surface area contributed by atoms with Gasteiger partial charge in [0.15, 0.2) is 5.75 Å². The highest BCUT2D eigenvalue weighted by atomic mass is 32.3. The smallest absolute Gasteiger partial charge is 0.448 e. The van der Waals surface area contributed by atoms with E-state index in [-0.39, 0.29) is 23.8 Å². The molecule has 0 bridgehead atoms. The SMILES string of the molecule is Cc1c(NC(=O)OCC2c3ccccc3-c3ccccc32)cc(CN2CCNCC2)cc1OS(=O)(=O)F. The molecule has 1 aliphatic heterocycles. The third kappa shape index (κ3) is 5.76. The minimum absolute atomic E-state index is 0.103. The number of hydrogen-bond acceptors (Lipinski definition) is 7. The van der Waals surface area contributed by atoms with Gasteiger partial charge in [0.2, 0.25) is 0 Å². The summed E-state index contributed by atoms with van der Waals surface area (Å²) in [5.74, 6) is -0.280. The molecule has 0 spiro atoms. The molecule has 5 rings (SSSR count). The number of anilines is 1. The minimum atomic E-state index is -5.24. The fourth-order valence-electron chi connectivity index (χ4n) is 5.03. The van der Waals surface area contributed by atoms with Crippen molar-refractivity contribution in [1.29, 1.82) is 0 Å². The van der Waals surface area contributed by atoms with Gasteiger partial charge in [-0.05, 0) is 46.9 Å². The van der Waals surface area contributed by atoms with Crippen LogP contribution in [-0.2, 0) is 21.8 Å². The van der Waals surface area contributed by atoms with E-state index in [0.717, 1.165) is 48.4 Å². The largest absolute Gasteiger partial charge is 0.488 e. The van der Waals surface area contributed by atoms with E-state index in [4.69, 9.17) is 4.74 Å². The molecular formula is C27H28FN3O5S. The lowest BCUT2D eigenvalue weighted by Crippen LogP contribution is -2.42. The molecular weight excluding hydrogens is 497 g/mol. The summed E-state index contributed by atoms with van der Waals surface area (Å²) >= 11 is 0. The quantitative estimate of drug-likeness (QED) is 0.443. The summed E-state index contributed by atoms with van der Waals surface area (Å²) in [6.45, 7) is 5.44. The van der Waals surface area contributed by atoms with Crippen molar-refractivity contribution in [3.8, 4) is 16.9 Å². The number of carbonyl (C=O) groups excluding carboxylic acids is 1. The van der Waals surface area contributed by atoms with Gasteiger partial charge in [0.25, 0.3) is 0 Å². The molecule has 1 aliphatic carbocycles. The number of carbonyl (C=O) groups is 1. The monoisotopic (exact) mass is 525 g/mol. The van der Waals surface area contributed by atoms with Crippen LogP contribution in [0.4, 0.5) is 14.4 Å². The topological polar surface area (TPSA) is 97.0 Å². The van der Waals surface area contributed by atoms with E-state index >= 15 is 0 Å². The van der Waals surface area contributed by atoms with Gasteiger partial charge in [-0.2, -0.15) is 8.42 Å². The first-order valence-electron chi connectivity index (χ1n) is 12.1. The second-order valence-electron chi connectivity index (χ2n) is 9.22. The standard InChI is InChI=1S/C27H28FN3O5S/c1-18-25(14-19(15-26(18)36-37(28,33)34)16-31-12-10-29-11-13-31)30-27(32)35-17-24-22-8-4-2-6-20(22)21-7-3-5-9-23(21)24/h2-9,14-15,24,29H,10-13,16-17H2,1H3,(H,30,32). The molecule has 37 heavy (non-hydrogen) atoms. The fourth-order valence-corrected chi connectivity index (χ4v) is 5.42. The van der Waals surface area contributed by atoms with Gasteiger partial charge in [0.05, 0.1) is 5.69 Å². The molecule has 194 valence electrons. The summed E-state index contributed by atoms with van der Waals surface area (Å²) in [5, 5.41) is 5.97. The van der Waals surface area contributed by atoms with Crippen molar-refractivity contribution < 1.29 is 26.0 Å². The molecule has 1 saturated heterocycles. The molecule has 0 unspecified atom stereocenters. The van der Waals surface area contributed by atoms with Crippen molar-refractivity contribution in [3.05, 3.63) is 82.9 Å². The van der Waals surface area contributed by atoms with Crippen molar-refractivity contribution in [2.24, 2.45) is 0 Å². The second-order valence-corrected chi connectivity index (χ2v) is 10.2. The van der Waals surface area contributed by atoms with Gasteiger partial charge in [-0.3, -0.25) is 10.2 Å². The number of ether oxygens (including phenoxy) is 1. The predicted octanol–water partition coefficient (Wildman–Crippen LogP) is 4.35. The highest BCUT2D eigenvalue weighted by molar-refractivity contribution is 7.81. The maximum atomic E-state index is 13.4. The molecule has 0 saturated carbocycles. The molecule has 1 fully saturated rings. The molecule has 3 aromatic rings. The van der Waals surface area contributed by atoms with Crippen LogP contribution in [-0.4, -0.2) is 52.2 Å². The maximum absolute atomic E-state index is 13.4. The van der Waals surface area contributed by atoms with Crippen molar-refractivity contribution in [1.82, 2.24) is 10.2 Å². The third-order valence-electron chi connectivity index (χ3n) is 6.81. The lowest BCUT2D eigenvalue weighted by molar-refractivity contribution is 0.158. The van der Waals surface area contributed by atoms with Crippen molar-refractivity contribution >= 4 is 22.3 Å². The van der Waals surface area contributed by atoms with Crippen LogP contribution in [0.5, 0.6) is 5.75 Å². The molecule has 10 heteroatoms. The molecule has 0 atom stereocenters. The van der Waals surface area contributed by atoms with Crippen LogP contribution < -0.4 is 14.8 Å². The number of amides is 1. The second kappa shape index (κ2) is 10.5. The highest BCUT2D eigenvalue weighted by Gasteiger charge is 2.29. The van der Waals surface area contributed by atoms with Gasteiger partial charge in [0, 0.05) is 44.2 Å². The summed E-state index contributed by atoms with van der Waals surface area (Å²) in [6, 6.07) is 19.3. The fraction of sp³-hybridized carbons (Fsp3) is 0.296. The van der Waals surface area contributed by atoms with Gasteiger partial charge in [-0.15, -0.1) is 0 Å². The van der Waals surface area contributed by atoms with Crippen molar-refractivity contribution in [2.75, 3.05) is 38.1 Å². The predicted molar refractivity (Wildman–Crippen MR) is 139 cm³/mol. The van der Waals surface area contributed by atoms with Gasteiger partial charge < -0.3 is 14.2 Å². The summed E-state index contributed by atoms with van der Waals surface area (Å²) in [4.78, 5) is 15.0. The Balaban J connectivity index is 1.34. The average molecular weight is 526 g/mol. The van der Waals surface area contributed by atoms with Gasteiger partial charge >= 0.3 is 16.6 Å². The van der Waals surface area contributed by atoms with Gasteiger partial charge in [-0.1, -0.05) is 52.4 Å². The maximum Gasteiger partial charge on any atom is 0.488 e. The molecule has 0 aromatic heterocycles. The first-order chi connectivity index (χ1) is 17.8. The Kier molecular flexibility index (Phi) is 7.14. The lowest BCUT2D eigenvalue weighted by Gasteiger charge is -2.27. The molecule has 3 aromatic carbocycles. The first-order valence-corrected chi connectivity index (χ1v) is 13.4. The number of nitrogens with zero attached hydrogens (tertiary/aromatic N) is 1. The molecule has 8 nitrogen and oxygen atoms in total. The number of piperazine rings is 1. The zero-order chi connectivity index (χ0) is 26.0. The van der Waals surface area contributed by atoms with E-state index in [0.29, 0.717) is 17.8 Å². The van der Waals surface area contributed by atoms with E-state index in [1.165, 1.54) is 6.07 Å². The van der Waals surface area contributed by atoms with E-state index in [2.05, 4.69) is 31.8 Å². The van der Waals surface area contributed by atoms with Crippen LogP contribution in [0.15, 0.2) is 60.7 Å². The third-order valence-corrected chi connectivity index (χ3v) is 7.18. The minimum Gasteiger partial charge on any atom is -0.448 e. The van der Waals surface area contributed by atoms with Crippen LogP contribution in [0.25, 0.3) is 11.1 Å². The Bertz CT molecular complexity index is 1380. The summed E-state index contributed by atoms with van der Waals surface area (Å²) < 4.78 is 46.0. The number of benzene rings is 3. The molecule has 2 N–H and O–H groups in total. The summed E-state index contributed by atoms with van der Waals surface area (Å²) in [5.41, 5.74) is 5.68. The van der Waals surface area contributed by atoms with Crippen molar-refractivity contribution in [3.63, 3.8) is 0 Å². The zero-order valence-corrected chi connectivity index (χ0v) is 21.2. The molecule has 1 heterocycles. The first kappa shape index (κ1) is 25.2. The van der Waals surface area contributed by atoms with Crippen LogP contribution >= 0.6 is 0 Å². The molecule has 2 aliphatic rings. The van der Waals surface area contributed by atoms with E-state index < -0.39 is 16.6 Å². The Morgan fingerprint density at radius 3 is 2.30 bits per heavy atom. The number of rotatable bonds is 7. The van der Waals surface area contributed by atoms with Crippen LogP contribution in [0.1, 0.15) is 28.2 Å². The van der Waals surface area contributed by atoms with E-state index in [9.17, 15) is 17.1 Å². The lowest BCUT2D eigenvalue weighted by atomic mass is 9.98. The van der Waals surface area contributed by atoms with Crippen LogP contribution in [0.3, 0.4) is 0 Å². The molecule has 0 radical (unpaired) electrons. The van der Waals surface area contributed by atoms with Gasteiger partial charge in [0.1, 0.15) is 6.61 Å². The van der Waals surface area contributed by atoms with E-state index in [1.807, 2.05) is 36.4 Å². The number of halogens is 1. The Morgan fingerprint density at radius 1 is 1.05 bits per heavy atom. The molecule has 1 amide bonds. The Morgan fingerprint density at radius 2 is 1.68 bits per heavy atom. The average Bonchev–Trinajstić information content (AvgIpc) is 3.19. The Hall–Kier alpha value is -3.47. The van der Waals surface area contributed by atoms with Crippen molar-refractivity contribution in [2.45, 2.75) is 19.4 Å². The normalized spacial score (nSPS) is 15.6. The highest BCUT2D eigenvalue weighted by Crippen LogP contribution is 2.44. The van der Waals surface area contributed by atoms with E-state index in [1.54, 1.807) is 13.0 Å². The number of hydrogen-bond donors (Lipinski definition) is 2. The van der Waals surface area contributed by atoms with Gasteiger partial charge in [-0.25, -0.2) is 4.79 Å². The zero-order valence-electron chi connectivity index (χ0n) is 20.4. The Labute approximate surface area is 215 Å².